The summed E-state index contributed by atoms with van der Waals surface area (Å²) < 4.78 is 0. The molecule has 0 unspecified atom stereocenters. The maximum absolute atomic E-state index is 3.82. The highest BCUT2D eigenvalue weighted by atomic mass is 14.4. The minimum Gasteiger partial charge on any atom is -0.0556 e. The highest BCUT2D eigenvalue weighted by Gasteiger charge is 2.37. The second kappa shape index (κ2) is 0.927. The molecule has 0 amide bonds. The number of hydrogen-bond donors (Lipinski definition) is 0. The van der Waals surface area contributed by atoms with Crippen molar-refractivity contribution in [3.05, 3.63) is 6.92 Å². The summed E-state index contributed by atoms with van der Waals surface area (Å²) in [7, 11) is 0. The largest absolute Gasteiger partial charge is 0.0904 e. The Morgan fingerprint density at radius 1 is 1.67 bits per heavy atom. The van der Waals surface area contributed by atoms with E-state index in [-0.39, 0.29) is 0 Å². The van der Waals surface area contributed by atoms with Gasteiger partial charge in [-0.15, -0.1) is 0 Å². The maximum atomic E-state index is 3.82. The molecule has 0 nitrogen and oxygen atoms in total. The lowest BCUT2D eigenvalue weighted by Gasteiger charge is -1.90. The van der Waals surface area contributed by atoms with Crippen LogP contribution in [0.2, 0.25) is 0 Å². The van der Waals surface area contributed by atoms with Gasteiger partial charge in [-0.25, -0.2) is 0 Å². The van der Waals surface area contributed by atoms with E-state index in [9.17, 15) is 0 Å². The summed E-state index contributed by atoms with van der Waals surface area (Å²) in [5.41, 5.74) is 0.681. The van der Waals surface area contributed by atoms with Gasteiger partial charge in [0.05, 0.1) is 13.3 Å². The Morgan fingerprint density at radius 3 is 2.17 bits per heavy atom. The SMILES string of the molecule is [CH2+]CC1(C)CC1. The second-order valence-electron chi connectivity index (χ2n) is 2.56. The average molecular weight is 83.2 g/mol. The van der Waals surface area contributed by atoms with E-state index in [4.69, 9.17) is 0 Å². The Bertz CT molecular complexity index is 51.1. The molecule has 1 fully saturated rings. The van der Waals surface area contributed by atoms with Crippen molar-refractivity contribution in [2.24, 2.45) is 5.41 Å². The fourth-order valence-corrected chi connectivity index (χ4v) is 0.463. The van der Waals surface area contributed by atoms with Crippen molar-refractivity contribution < 1.29 is 0 Å². The van der Waals surface area contributed by atoms with Crippen LogP contribution in [0.3, 0.4) is 0 Å². The minimum atomic E-state index is 0.681. The fraction of sp³-hybridized carbons (Fsp3) is 0.833. The van der Waals surface area contributed by atoms with Crippen LogP contribution in [0.25, 0.3) is 0 Å². The van der Waals surface area contributed by atoms with E-state index in [1.807, 2.05) is 0 Å². The average Bonchev–Trinajstić information content (AvgIpc) is 2.22. The van der Waals surface area contributed by atoms with Crippen LogP contribution in [0.15, 0.2) is 0 Å². The van der Waals surface area contributed by atoms with Crippen LogP contribution in [0, 0.1) is 12.3 Å². The first-order chi connectivity index (χ1) is 2.77. The zero-order chi connectivity index (χ0) is 4.62. The first kappa shape index (κ1) is 4.04. The molecule has 0 bridgehead atoms. The van der Waals surface area contributed by atoms with Crippen molar-refractivity contribution >= 4 is 0 Å². The third-order valence-corrected chi connectivity index (χ3v) is 1.71. The Hall–Kier alpha value is -0.130. The molecule has 0 saturated heterocycles. The third kappa shape index (κ3) is 0.515. The van der Waals surface area contributed by atoms with Crippen LogP contribution in [-0.2, 0) is 0 Å². The molecule has 0 heteroatoms. The highest BCUT2D eigenvalue weighted by molar-refractivity contribution is 4.88. The molecule has 1 rings (SSSR count). The van der Waals surface area contributed by atoms with Gasteiger partial charge < -0.3 is 0 Å². The summed E-state index contributed by atoms with van der Waals surface area (Å²) in [6, 6.07) is 0. The first-order valence-electron chi connectivity index (χ1n) is 2.56. The summed E-state index contributed by atoms with van der Waals surface area (Å²) >= 11 is 0. The van der Waals surface area contributed by atoms with Gasteiger partial charge in [-0.05, 0) is 12.8 Å². The predicted molar refractivity (Wildman–Crippen MR) is 27.3 cm³/mol. The Morgan fingerprint density at radius 2 is 2.17 bits per heavy atom. The molecule has 34 valence electrons. The molecule has 1 saturated carbocycles. The van der Waals surface area contributed by atoms with E-state index in [2.05, 4.69) is 13.8 Å². The molecule has 0 aliphatic heterocycles. The van der Waals surface area contributed by atoms with Crippen LogP contribution in [0.5, 0.6) is 0 Å². The number of rotatable bonds is 1. The van der Waals surface area contributed by atoms with Gasteiger partial charge in [0.2, 0.25) is 0 Å². The molecular formula is C6H11+. The quantitative estimate of drug-likeness (QED) is 0.425. The van der Waals surface area contributed by atoms with Crippen molar-refractivity contribution in [1.29, 1.82) is 0 Å². The van der Waals surface area contributed by atoms with Crippen LogP contribution in [-0.4, -0.2) is 0 Å². The summed E-state index contributed by atoms with van der Waals surface area (Å²) in [6.45, 7) is 6.11. The standard InChI is InChI=1S/C6H11/c1-3-6(2)4-5-6/h1,3-5H2,2H3/q+1. The Kier molecular flexibility index (Phi) is 0.624. The van der Waals surface area contributed by atoms with Crippen molar-refractivity contribution in [1.82, 2.24) is 0 Å². The van der Waals surface area contributed by atoms with E-state index in [0.29, 0.717) is 5.41 Å². The highest BCUT2D eigenvalue weighted by Crippen LogP contribution is 2.47. The van der Waals surface area contributed by atoms with Gasteiger partial charge in [0.1, 0.15) is 0 Å². The molecule has 0 atom stereocenters. The van der Waals surface area contributed by atoms with E-state index in [0.717, 1.165) is 6.42 Å². The molecule has 0 spiro atoms. The van der Waals surface area contributed by atoms with Gasteiger partial charge in [-0.2, -0.15) is 0 Å². The summed E-state index contributed by atoms with van der Waals surface area (Å²) in [5, 5.41) is 0. The Labute approximate surface area is 39.6 Å². The van der Waals surface area contributed by atoms with Crippen LogP contribution < -0.4 is 0 Å². The zero-order valence-corrected chi connectivity index (χ0v) is 4.33. The molecular weight excluding hydrogens is 72.1 g/mol. The zero-order valence-electron chi connectivity index (χ0n) is 4.33. The third-order valence-electron chi connectivity index (χ3n) is 1.71. The van der Waals surface area contributed by atoms with E-state index in [1.165, 1.54) is 12.8 Å². The van der Waals surface area contributed by atoms with Gasteiger partial charge in [0.15, 0.2) is 0 Å². The molecule has 0 radical (unpaired) electrons. The minimum absolute atomic E-state index is 0.681. The lowest BCUT2D eigenvalue weighted by molar-refractivity contribution is 0.582. The summed E-state index contributed by atoms with van der Waals surface area (Å²) in [4.78, 5) is 0. The lowest BCUT2D eigenvalue weighted by atomic mass is 10.1. The molecule has 1 aliphatic carbocycles. The van der Waals surface area contributed by atoms with Crippen LogP contribution in [0.1, 0.15) is 26.2 Å². The summed E-state index contributed by atoms with van der Waals surface area (Å²) in [5.74, 6) is 0. The van der Waals surface area contributed by atoms with Gasteiger partial charge >= 0.3 is 0 Å². The normalized spacial score (nSPS) is 26.8. The monoisotopic (exact) mass is 83.1 g/mol. The summed E-state index contributed by atoms with van der Waals surface area (Å²) in [6.07, 6.45) is 3.96. The smallest absolute Gasteiger partial charge is 0.0556 e. The topological polar surface area (TPSA) is 0 Å². The van der Waals surface area contributed by atoms with E-state index in [1.54, 1.807) is 0 Å². The molecule has 0 heterocycles. The first-order valence-corrected chi connectivity index (χ1v) is 2.56. The van der Waals surface area contributed by atoms with Gasteiger partial charge in [-0.3, -0.25) is 0 Å². The molecule has 0 aromatic heterocycles. The fourth-order valence-electron chi connectivity index (χ4n) is 0.463. The van der Waals surface area contributed by atoms with Crippen molar-refractivity contribution in [2.45, 2.75) is 26.2 Å². The molecule has 1 aliphatic rings. The van der Waals surface area contributed by atoms with Crippen molar-refractivity contribution in [3.8, 4) is 0 Å². The van der Waals surface area contributed by atoms with Gasteiger partial charge in [0, 0.05) is 5.41 Å². The molecule has 0 aromatic carbocycles. The predicted octanol–water partition coefficient (Wildman–Crippen LogP) is 2.01. The Balaban J connectivity index is 2.28. The lowest BCUT2D eigenvalue weighted by Crippen LogP contribution is -1.85. The molecule has 0 aromatic rings. The number of hydrogen-bond acceptors (Lipinski definition) is 0. The van der Waals surface area contributed by atoms with Crippen molar-refractivity contribution in [3.63, 3.8) is 0 Å². The molecule has 6 heavy (non-hydrogen) atoms. The van der Waals surface area contributed by atoms with E-state index >= 15 is 0 Å². The van der Waals surface area contributed by atoms with E-state index < -0.39 is 0 Å². The van der Waals surface area contributed by atoms with Gasteiger partial charge in [-0.1, -0.05) is 6.92 Å². The molecule has 0 N–H and O–H groups in total. The van der Waals surface area contributed by atoms with Crippen LogP contribution >= 0.6 is 0 Å². The van der Waals surface area contributed by atoms with Crippen molar-refractivity contribution in [2.75, 3.05) is 0 Å². The van der Waals surface area contributed by atoms with Crippen LogP contribution in [0.4, 0.5) is 0 Å². The second-order valence-corrected chi connectivity index (χ2v) is 2.56. The van der Waals surface area contributed by atoms with Gasteiger partial charge in [0.25, 0.3) is 0 Å². The maximum Gasteiger partial charge on any atom is 0.0904 e.